The van der Waals surface area contributed by atoms with Crippen LogP contribution in [0, 0.1) is 0 Å². The first-order valence-electron chi connectivity index (χ1n) is 4.38. The Balaban J connectivity index is 2.39. The molecule has 1 heterocycles. The van der Waals surface area contributed by atoms with Gasteiger partial charge in [-0.2, -0.15) is 13.2 Å². The highest BCUT2D eigenvalue weighted by molar-refractivity contribution is 5.87. The van der Waals surface area contributed by atoms with Gasteiger partial charge in [-0.3, -0.25) is 9.59 Å². The molecular weight excluding hydrogens is 213 g/mol. The molecule has 0 aromatic heterocycles. The van der Waals surface area contributed by atoms with Crippen LogP contribution in [0.25, 0.3) is 0 Å². The summed E-state index contributed by atoms with van der Waals surface area (Å²) in [5.41, 5.74) is 0. The Bertz CT molecular complexity index is 278. The van der Waals surface area contributed by atoms with Crippen molar-refractivity contribution in [1.29, 1.82) is 0 Å². The van der Waals surface area contributed by atoms with Crippen molar-refractivity contribution in [2.45, 2.75) is 19.0 Å². The number of carbonyl (C=O) groups is 2. The number of nitrogens with zero attached hydrogens (tertiary/aromatic N) is 2. The third-order valence-electron chi connectivity index (χ3n) is 2.11. The molecule has 0 aromatic carbocycles. The normalized spacial score (nSPS) is 17.5. The van der Waals surface area contributed by atoms with Gasteiger partial charge in [-0.1, -0.05) is 0 Å². The second kappa shape index (κ2) is 4.08. The first-order chi connectivity index (χ1) is 6.79. The molecule has 1 rings (SSSR count). The number of likely N-dealkylation sites (N-methyl/N-ethyl adjacent to an activating group) is 1. The molecule has 0 bridgehead atoms. The van der Waals surface area contributed by atoms with Gasteiger partial charge in [0.15, 0.2) is 0 Å². The number of carbonyl (C=O) groups excluding carboxylic acids is 2. The zero-order valence-corrected chi connectivity index (χ0v) is 8.17. The Morgan fingerprint density at radius 3 is 2.47 bits per heavy atom. The first kappa shape index (κ1) is 11.8. The third-order valence-corrected chi connectivity index (χ3v) is 2.11. The number of hydrogen-bond donors (Lipinski definition) is 0. The summed E-state index contributed by atoms with van der Waals surface area (Å²) < 4.78 is 35.4. The topological polar surface area (TPSA) is 40.6 Å². The van der Waals surface area contributed by atoms with Gasteiger partial charge in [0.05, 0.1) is 13.1 Å². The molecule has 0 saturated carbocycles. The molecule has 0 radical (unpaired) electrons. The molecule has 4 nitrogen and oxygen atoms in total. The van der Waals surface area contributed by atoms with Crippen molar-refractivity contribution in [2.75, 3.05) is 20.3 Å². The zero-order chi connectivity index (χ0) is 11.6. The predicted octanol–water partition coefficient (Wildman–Crippen LogP) is 0.587. The van der Waals surface area contributed by atoms with E-state index in [1.165, 1.54) is 11.9 Å². The van der Waals surface area contributed by atoms with E-state index in [1.54, 1.807) is 0 Å². The van der Waals surface area contributed by atoms with Crippen LogP contribution < -0.4 is 0 Å². The predicted molar refractivity (Wildman–Crippen MR) is 44.6 cm³/mol. The quantitative estimate of drug-likeness (QED) is 0.688. The van der Waals surface area contributed by atoms with E-state index in [2.05, 4.69) is 0 Å². The molecule has 1 aliphatic heterocycles. The van der Waals surface area contributed by atoms with Crippen molar-refractivity contribution in [1.82, 2.24) is 9.80 Å². The largest absolute Gasteiger partial charge is 0.389 e. The van der Waals surface area contributed by atoms with Gasteiger partial charge in [-0.15, -0.1) is 0 Å². The van der Waals surface area contributed by atoms with Crippen LogP contribution in [0.5, 0.6) is 0 Å². The highest BCUT2D eigenvalue weighted by Gasteiger charge is 2.32. The van der Waals surface area contributed by atoms with Crippen LogP contribution in [0.4, 0.5) is 13.2 Å². The first-order valence-corrected chi connectivity index (χ1v) is 4.38. The molecule has 0 N–H and O–H groups in total. The van der Waals surface area contributed by atoms with Gasteiger partial charge in [0.1, 0.15) is 6.54 Å². The second-order valence-electron chi connectivity index (χ2n) is 3.44. The minimum atomic E-state index is -4.33. The Kier molecular flexibility index (Phi) is 3.21. The lowest BCUT2D eigenvalue weighted by Crippen LogP contribution is -2.30. The lowest BCUT2D eigenvalue weighted by atomic mass is 10.3. The van der Waals surface area contributed by atoms with E-state index in [-0.39, 0.29) is 19.1 Å². The SMILES string of the molecule is CN1CN(C(=O)CCC(F)(F)F)CC1=O. The van der Waals surface area contributed by atoms with Crippen LogP contribution in [-0.4, -0.2) is 48.1 Å². The van der Waals surface area contributed by atoms with Crippen LogP contribution in [0.15, 0.2) is 0 Å². The van der Waals surface area contributed by atoms with E-state index in [9.17, 15) is 22.8 Å². The molecule has 2 amide bonds. The highest BCUT2D eigenvalue weighted by atomic mass is 19.4. The van der Waals surface area contributed by atoms with Gasteiger partial charge < -0.3 is 9.80 Å². The maximum atomic E-state index is 11.8. The van der Waals surface area contributed by atoms with Crippen molar-refractivity contribution in [3.8, 4) is 0 Å². The molecule has 1 fully saturated rings. The molecular formula is C8H11F3N2O2. The van der Waals surface area contributed by atoms with Gasteiger partial charge in [0, 0.05) is 13.5 Å². The Morgan fingerprint density at radius 1 is 1.47 bits per heavy atom. The number of rotatable bonds is 2. The van der Waals surface area contributed by atoms with Crippen LogP contribution in [0.2, 0.25) is 0 Å². The van der Waals surface area contributed by atoms with Crippen molar-refractivity contribution in [3.63, 3.8) is 0 Å². The van der Waals surface area contributed by atoms with Gasteiger partial charge >= 0.3 is 6.18 Å². The number of alkyl halides is 3. The van der Waals surface area contributed by atoms with Gasteiger partial charge in [-0.05, 0) is 0 Å². The smallest absolute Gasteiger partial charge is 0.326 e. The number of amides is 2. The fraction of sp³-hybridized carbons (Fsp3) is 0.750. The fourth-order valence-corrected chi connectivity index (χ4v) is 1.24. The molecule has 7 heteroatoms. The number of hydrogen-bond acceptors (Lipinski definition) is 2. The standard InChI is InChI=1S/C8H11F3N2O2/c1-12-5-13(4-7(12)15)6(14)2-3-8(9,10)11/h2-5H2,1H3. The summed E-state index contributed by atoms with van der Waals surface area (Å²) in [7, 11) is 1.50. The number of halogens is 3. The maximum absolute atomic E-state index is 11.8. The van der Waals surface area contributed by atoms with Crippen molar-refractivity contribution in [2.24, 2.45) is 0 Å². The fourth-order valence-electron chi connectivity index (χ4n) is 1.24. The summed E-state index contributed by atoms with van der Waals surface area (Å²) in [6.45, 7) is -0.0390. The molecule has 0 aliphatic carbocycles. The average molecular weight is 224 g/mol. The molecule has 0 aromatic rings. The molecule has 1 aliphatic rings. The van der Waals surface area contributed by atoms with Crippen LogP contribution in [-0.2, 0) is 9.59 Å². The lowest BCUT2D eigenvalue weighted by molar-refractivity contribution is -0.148. The summed E-state index contributed by atoms with van der Waals surface area (Å²) in [6, 6.07) is 0. The third kappa shape index (κ3) is 3.41. The molecule has 0 spiro atoms. The monoisotopic (exact) mass is 224 g/mol. The summed E-state index contributed by atoms with van der Waals surface area (Å²) in [6.07, 6.45) is -6.06. The summed E-state index contributed by atoms with van der Waals surface area (Å²) in [4.78, 5) is 24.6. The van der Waals surface area contributed by atoms with Gasteiger partial charge in [-0.25, -0.2) is 0 Å². The maximum Gasteiger partial charge on any atom is 0.389 e. The Hall–Kier alpha value is -1.27. The zero-order valence-electron chi connectivity index (χ0n) is 8.17. The molecule has 1 saturated heterocycles. The second-order valence-corrected chi connectivity index (χ2v) is 3.44. The van der Waals surface area contributed by atoms with Gasteiger partial charge in [0.2, 0.25) is 11.8 Å². The molecule has 15 heavy (non-hydrogen) atoms. The molecule has 0 unspecified atom stereocenters. The van der Waals surface area contributed by atoms with Gasteiger partial charge in [0.25, 0.3) is 0 Å². The van der Waals surface area contributed by atoms with Crippen molar-refractivity contribution in [3.05, 3.63) is 0 Å². The van der Waals surface area contributed by atoms with Crippen molar-refractivity contribution >= 4 is 11.8 Å². The molecule has 86 valence electrons. The van der Waals surface area contributed by atoms with E-state index >= 15 is 0 Å². The lowest BCUT2D eigenvalue weighted by Gasteiger charge is -2.15. The van der Waals surface area contributed by atoms with E-state index in [0.717, 1.165) is 4.90 Å². The van der Waals surface area contributed by atoms with E-state index < -0.39 is 24.9 Å². The minimum absolute atomic E-state index is 0.0789. The highest BCUT2D eigenvalue weighted by Crippen LogP contribution is 2.22. The average Bonchev–Trinajstić information content (AvgIpc) is 2.42. The Labute approximate surface area is 84.6 Å². The van der Waals surface area contributed by atoms with Crippen LogP contribution in [0.1, 0.15) is 12.8 Å². The summed E-state index contributed by atoms with van der Waals surface area (Å²) in [5.74, 6) is -0.889. The van der Waals surface area contributed by atoms with E-state index in [4.69, 9.17) is 0 Å². The Morgan fingerprint density at radius 2 is 2.07 bits per heavy atom. The molecule has 0 atom stereocenters. The van der Waals surface area contributed by atoms with Crippen LogP contribution >= 0.6 is 0 Å². The summed E-state index contributed by atoms with van der Waals surface area (Å²) in [5, 5.41) is 0. The van der Waals surface area contributed by atoms with E-state index in [1.807, 2.05) is 0 Å². The minimum Gasteiger partial charge on any atom is -0.326 e. The summed E-state index contributed by atoms with van der Waals surface area (Å²) >= 11 is 0. The van der Waals surface area contributed by atoms with Crippen molar-refractivity contribution < 1.29 is 22.8 Å². The van der Waals surface area contributed by atoms with Crippen LogP contribution in [0.3, 0.4) is 0 Å². The van der Waals surface area contributed by atoms with E-state index in [0.29, 0.717) is 0 Å².